The van der Waals surface area contributed by atoms with Crippen LogP contribution in [0.4, 0.5) is 0 Å². The molecule has 0 spiro atoms. The highest BCUT2D eigenvalue weighted by Crippen LogP contribution is 2.34. The molecule has 1 aliphatic heterocycles. The van der Waals surface area contributed by atoms with Crippen molar-refractivity contribution in [3.05, 3.63) is 33.3 Å². The third kappa shape index (κ3) is 3.02. The van der Waals surface area contributed by atoms with E-state index in [9.17, 15) is 13.5 Å². The molecule has 0 aromatic heterocycles. The first-order valence-corrected chi connectivity index (χ1v) is 8.22. The number of benzene rings is 1. The molecule has 2 atom stereocenters. The normalized spacial score (nSPS) is 24.8. The molecule has 17 heavy (non-hydrogen) atoms. The molecular weight excluding hydrogens is 328 g/mol. The van der Waals surface area contributed by atoms with Crippen LogP contribution in [0.5, 0.6) is 0 Å². The van der Waals surface area contributed by atoms with Crippen molar-refractivity contribution in [1.82, 2.24) is 0 Å². The second-order valence-corrected chi connectivity index (χ2v) is 7.77. The fourth-order valence-corrected chi connectivity index (χ4v) is 4.39. The van der Waals surface area contributed by atoms with Crippen LogP contribution in [0, 0.1) is 5.92 Å². The predicted octanol–water partition coefficient (Wildman–Crippen LogP) is 2.57. The molecule has 94 valence electrons. The lowest BCUT2D eigenvalue weighted by atomic mass is 9.95. The minimum Gasteiger partial charge on any atom is -0.388 e. The van der Waals surface area contributed by atoms with Gasteiger partial charge in [0.05, 0.1) is 22.6 Å². The standard InChI is InChI=1S/C11H12BrClO3S/c12-9-5-7(1-2-10(9)13)11(14)8-3-4-17(15,16)6-8/h1-2,5,8,11,14H,3-4,6H2. The van der Waals surface area contributed by atoms with E-state index in [0.717, 1.165) is 0 Å². The van der Waals surface area contributed by atoms with Gasteiger partial charge in [0.15, 0.2) is 9.84 Å². The highest BCUT2D eigenvalue weighted by atomic mass is 79.9. The van der Waals surface area contributed by atoms with Gasteiger partial charge in [-0.1, -0.05) is 17.7 Å². The van der Waals surface area contributed by atoms with Crippen LogP contribution in [-0.4, -0.2) is 25.0 Å². The van der Waals surface area contributed by atoms with Gasteiger partial charge in [-0.05, 0) is 40.0 Å². The second-order valence-electron chi connectivity index (χ2n) is 4.28. The molecular formula is C11H12BrClO3S. The SMILES string of the molecule is O=S1(=O)CCC(C(O)c2ccc(Cl)c(Br)c2)C1. The second kappa shape index (κ2) is 4.88. The van der Waals surface area contributed by atoms with Gasteiger partial charge in [-0.2, -0.15) is 0 Å². The number of rotatable bonds is 2. The van der Waals surface area contributed by atoms with E-state index in [0.29, 0.717) is 21.5 Å². The van der Waals surface area contributed by atoms with Crippen molar-refractivity contribution in [1.29, 1.82) is 0 Å². The molecule has 1 aromatic carbocycles. The van der Waals surface area contributed by atoms with Crippen molar-refractivity contribution in [3.8, 4) is 0 Å². The van der Waals surface area contributed by atoms with E-state index in [1.807, 2.05) is 0 Å². The lowest BCUT2D eigenvalue weighted by Crippen LogP contribution is -2.14. The van der Waals surface area contributed by atoms with E-state index in [4.69, 9.17) is 11.6 Å². The van der Waals surface area contributed by atoms with E-state index in [-0.39, 0.29) is 17.4 Å². The van der Waals surface area contributed by atoms with E-state index >= 15 is 0 Å². The Hall–Kier alpha value is -0.100. The van der Waals surface area contributed by atoms with Gasteiger partial charge in [0, 0.05) is 10.4 Å². The van der Waals surface area contributed by atoms with Gasteiger partial charge < -0.3 is 5.11 Å². The minimum absolute atomic E-state index is 0.0639. The molecule has 0 amide bonds. The molecule has 0 radical (unpaired) electrons. The van der Waals surface area contributed by atoms with Crippen molar-refractivity contribution < 1.29 is 13.5 Å². The van der Waals surface area contributed by atoms with E-state index in [1.165, 1.54) is 0 Å². The predicted molar refractivity (Wildman–Crippen MR) is 70.9 cm³/mol. The summed E-state index contributed by atoms with van der Waals surface area (Å²) in [5.41, 5.74) is 0.698. The first-order valence-electron chi connectivity index (χ1n) is 5.22. The Kier molecular flexibility index (Phi) is 3.83. The van der Waals surface area contributed by atoms with Crippen LogP contribution in [-0.2, 0) is 9.84 Å². The number of aliphatic hydroxyl groups is 1. The Morgan fingerprint density at radius 3 is 2.71 bits per heavy atom. The fourth-order valence-electron chi connectivity index (χ4n) is 2.04. The molecule has 1 aromatic rings. The fraction of sp³-hybridized carbons (Fsp3) is 0.455. The molecule has 0 saturated carbocycles. The summed E-state index contributed by atoms with van der Waals surface area (Å²) in [6.07, 6.45) is -0.232. The summed E-state index contributed by atoms with van der Waals surface area (Å²) >= 11 is 9.15. The zero-order valence-corrected chi connectivity index (χ0v) is 12.1. The van der Waals surface area contributed by atoms with Gasteiger partial charge in [0.2, 0.25) is 0 Å². The summed E-state index contributed by atoms with van der Waals surface area (Å²) in [4.78, 5) is 0. The molecule has 0 bridgehead atoms. The van der Waals surface area contributed by atoms with Crippen molar-refractivity contribution in [2.24, 2.45) is 5.92 Å². The largest absolute Gasteiger partial charge is 0.388 e. The maximum Gasteiger partial charge on any atom is 0.150 e. The number of hydrogen-bond donors (Lipinski definition) is 1. The lowest BCUT2D eigenvalue weighted by molar-refractivity contribution is 0.121. The molecule has 6 heteroatoms. The highest BCUT2D eigenvalue weighted by Gasteiger charge is 2.33. The number of hydrogen-bond acceptors (Lipinski definition) is 3. The van der Waals surface area contributed by atoms with E-state index in [2.05, 4.69) is 15.9 Å². The van der Waals surface area contributed by atoms with Gasteiger partial charge in [-0.15, -0.1) is 0 Å². The molecule has 2 unspecified atom stereocenters. The topological polar surface area (TPSA) is 54.4 Å². The average Bonchev–Trinajstić information content (AvgIpc) is 2.62. The molecule has 1 aliphatic rings. The first-order chi connectivity index (χ1) is 7.89. The Bertz CT molecular complexity index is 530. The van der Waals surface area contributed by atoms with Crippen LogP contribution >= 0.6 is 27.5 Å². The van der Waals surface area contributed by atoms with Crippen molar-refractivity contribution in [3.63, 3.8) is 0 Å². The summed E-state index contributed by atoms with van der Waals surface area (Å²) in [5, 5.41) is 10.7. The third-order valence-electron chi connectivity index (χ3n) is 3.00. The van der Waals surface area contributed by atoms with Gasteiger partial charge in [-0.3, -0.25) is 0 Å². The van der Waals surface area contributed by atoms with Crippen LogP contribution in [0.2, 0.25) is 5.02 Å². The van der Waals surface area contributed by atoms with E-state index < -0.39 is 15.9 Å². The maximum absolute atomic E-state index is 11.4. The molecule has 0 aliphatic carbocycles. The number of aliphatic hydroxyl groups excluding tert-OH is 1. The van der Waals surface area contributed by atoms with Gasteiger partial charge in [-0.25, -0.2) is 8.42 Å². The quantitative estimate of drug-likeness (QED) is 0.901. The van der Waals surface area contributed by atoms with Crippen molar-refractivity contribution in [2.45, 2.75) is 12.5 Å². The third-order valence-corrected chi connectivity index (χ3v) is 6.01. The van der Waals surface area contributed by atoms with Crippen LogP contribution in [0.25, 0.3) is 0 Å². The summed E-state index contributed by atoms with van der Waals surface area (Å²) in [5.74, 6) is 0.0193. The van der Waals surface area contributed by atoms with E-state index in [1.54, 1.807) is 18.2 Å². The van der Waals surface area contributed by atoms with Crippen LogP contribution in [0.1, 0.15) is 18.1 Å². The number of sulfone groups is 1. The molecule has 1 fully saturated rings. The molecule has 1 heterocycles. The van der Waals surface area contributed by atoms with Gasteiger partial charge in [0.1, 0.15) is 0 Å². The smallest absolute Gasteiger partial charge is 0.150 e. The zero-order valence-electron chi connectivity index (χ0n) is 8.94. The van der Waals surface area contributed by atoms with Crippen LogP contribution in [0.15, 0.2) is 22.7 Å². The monoisotopic (exact) mass is 338 g/mol. The Balaban J connectivity index is 2.20. The first kappa shape index (κ1) is 13.3. The molecule has 2 rings (SSSR count). The highest BCUT2D eigenvalue weighted by molar-refractivity contribution is 9.10. The van der Waals surface area contributed by atoms with Crippen LogP contribution < -0.4 is 0 Å². The molecule has 1 N–H and O–H groups in total. The molecule has 1 saturated heterocycles. The van der Waals surface area contributed by atoms with Crippen molar-refractivity contribution >= 4 is 37.4 Å². The summed E-state index contributed by atoms with van der Waals surface area (Å²) in [6.45, 7) is 0. The van der Waals surface area contributed by atoms with Gasteiger partial charge >= 0.3 is 0 Å². The average molecular weight is 340 g/mol. The Morgan fingerprint density at radius 1 is 1.47 bits per heavy atom. The summed E-state index contributed by atoms with van der Waals surface area (Å²) < 4.78 is 23.4. The van der Waals surface area contributed by atoms with Crippen LogP contribution in [0.3, 0.4) is 0 Å². The molecule has 3 nitrogen and oxygen atoms in total. The Morgan fingerprint density at radius 2 is 2.18 bits per heavy atom. The lowest BCUT2D eigenvalue weighted by Gasteiger charge is -2.17. The van der Waals surface area contributed by atoms with Crippen molar-refractivity contribution in [2.75, 3.05) is 11.5 Å². The maximum atomic E-state index is 11.4. The van der Waals surface area contributed by atoms with Gasteiger partial charge in [0.25, 0.3) is 0 Å². The Labute approximate surface area is 114 Å². The number of halogens is 2. The zero-order chi connectivity index (χ0) is 12.6. The minimum atomic E-state index is -2.96. The summed E-state index contributed by atoms with van der Waals surface area (Å²) in [7, 11) is -2.96. The summed E-state index contributed by atoms with van der Waals surface area (Å²) in [6, 6.07) is 5.15.